The van der Waals surface area contributed by atoms with E-state index in [2.05, 4.69) is 26.3 Å². The normalized spacial score (nSPS) is 10.3. The van der Waals surface area contributed by atoms with Crippen LogP contribution in [0.2, 0.25) is 0 Å². The van der Waals surface area contributed by atoms with Crippen molar-refractivity contribution in [1.29, 1.82) is 0 Å². The number of anilines is 1. The SMILES string of the molecule is NNc1ncccc1COCc1cccc(Br)c1. The molecule has 5 heteroatoms. The van der Waals surface area contributed by atoms with Crippen LogP contribution in [0.3, 0.4) is 0 Å². The molecule has 0 atom stereocenters. The first-order valence-corrected chi connectivity index (χ1v) is 6.31. The van der Waals surface area contributed by atoms with Crippen LogP contribution in [0.15, 0.2) is 47.1 Å². The number of hydrogen-bond acceptors (Lipinski definition) is 4. The number of ether oxygens (including phenoxy) is 1. The topological polar surface area (TPSA) is 60.2 Å². The van der Waals surface area contributed by atoms with Gasteiger partial charge in [0.25, 0.3) is 0 Å². The largest absolute Gasteiger partial charge is 0.372 e. The van der Waals surface area contributed by atoms with Crippen molar-refractivity contribution >= 4 is 21.7 Å². The van der Waals surface area contributed by atoms with Crippen molar-refractivity contribution in [3.05, 3.63) is 58.2 Å². The van der Waals surface area contributed by atoms with Crippen molar-refractivity contribution < 1.29 is 4.74 Å². The molecule has 1 aromatic carbocycles. The standard InChI is InChI=1S/C13H14BrN3O/c14-12-5-1-3-10(7-12)8-18-9-11-4-2-6-16-13(11)17-15/h1-7H,8-9,15H2,(H,16,17). The van der Waals surface area contributed by atoms with E-state index in [1.807, 2.05) is 36.4 Å². The molecule has 1 aromatic heterocycles. The molecule has 2 aromatic rings. The molecule has 4 nitrogen and oxygen atoms in total. The van der Waals surface area contributed by atoms with E-state index in [0.717, 1.165) is 15.6 Å². The van der Waals surface area contributed by atoms with Crippen molar-refractivity contribution in [2.24, 2.45) is 5.84 Å². The molecular formula is C13H14BrN3O. The highest BCUT2D eigenvalue weighted by Gasteiger charge is 2.02. The summed E-state index contributed by atoms with van der Waals surface area (Å²) in [6, 6.07) is 11.8. The van der Waals surface area contributed by atoms with Crippen LogP contribution in [0.1, 0.15) is 11.1 Å². The zero-order chi connectivity index (χ0) is 12.8. The monoisotopic (exact) mass is 307 g/mol. The Balaban J connectivity index is 1.92. The molecule has 0 saturated heterocycles. The third-order valence-corrected chi connectivity index (χ3v) is 2.94. The van der Waals surface area contributed by atoms with Gasteiger partial charge in [0.05, 0.1) is 13.2 Å². The molecule has 0 fully saturated rings. The Morgan fingerprint density at radius 2 is 2.11 bits per heavy atom. The predicted molar refractivity (Wildman–Crippen MR) is 74.7 cm³/mol. The third-order valence-electron chi connectivity index (χ3n) is 2.44. The smallest absolute Gasteiger partial charge is 0.145 e. The first kappa shape index (κ1) is 13.0. The summed E-state index contributed by atoms with van der Waals surface area (Å²) in [5, 5.41) is 0. The summed E-state index contributed by atoms with van der Waals surface area (Å²) in [6.45, 7) is 1.03. The molecule has 0 bridgehead atoms. The molecule has 0 saturated carbocycles. The number of nitrogen functional groups attached to an aromatic ring is 1. The maximum absolute atomic E-state index is 5.65. The Labute approximate surface area is 114 Å². The third kappa shape index (κ3) is 3.53. The van der Waals surface area contributed by atoms with Gasteiger partial charge in [-0.1, -0.05) is 34.1 Å². The lowest BCUT2D eigenvalue weighted by molar-refractivity contribution is 0.107. The lowest BCUT2D eigenvalue weighted by Crippen LogP contribution is -2.11. The highest BCUT2D eigenvalue weighted by molar-refractivity contribution is 9.10. The second-order valence-corrected chi connectivity index (χ2v) is 4.69. The summed E-state index contributed by atoms with van der Waals surface area (Å²) in [7, 11) is 0. The maximum Gasteiger partial charge on any atom is 0.145 e. The van der Waals surface area contributed by atoms with Gasteiger partial charge in [0.1, 0.15) is 5.82 Å². The number of nitrogens with one attached hydrogen (secondary N) is 1. The molecule has 2 rings (SSSR count). The molecule has 0 aliphatic carbocycles. The van der Waals surface area contributed by atoms with Crippen molar-refractivity contribution in [3.63, 3.8) is 0 Å². The van der Waals surface area contributed by atoms with Crippen LogP contribution in [0, 0.1) is 0 Å². The Morgan fingerprint density at radius 1 is 1.22 bits per heavy atom. The van der Waals surface area contributed by atoms with Gasteiger partial charge in [-0.15, -0.1) is 0 Å². The number of hydrazine groups is 1. The molecule has 94 valence electrons. The lowest BCUT2D eigenvalue weighted by Gasteiger charge is -2.08. The van der Waals surface area contributed by atoms with Gasteiger partial charge in [-0.3, -0.25) is 0 Å². The summed E-state index contributed by atoms with van der Waals surface area (Å²) in [4.78, 5) is 4.11. The highest BCUT2D eigenvalue weighted by atomic mass is 79.9. The van der Waals surface area contributed by atoms with Crippen LogP contribution < -0.4 is 11.3 Å². The fourth-order valence-electron chi connectivity index (χ4n) is 1.59. The van der Waals surface area contributed by atoms with E-state index in [-0.39, 0.29) is 0 Å². The van der Waals surface area contributed by atoms with E-state index in [1.165, 1.54) is 0 Å². The Morgan fingerprint density at radius 3 is 2.89 bits per heavy atom. The second kappa shape index (κ2) is 6.49. The van der Waals surface area contributed by atoms with E-state index in [4.69, 9.17) is 10.6 Å². The van der Waals surface area contributed by atoms with Gasteiger partial charge >= 0.3 is 0 Å². The van der Waals surface area contributed by atoms with Gasteiger partial charge in [0, 0.05) is 16.2 Å². The zero-order valence-corrected chi connectivity index (χ0v) is 11.4. The zero-order valence-electron chi connectivity index (χ0n) is 9.77. The number of pyridine rings is 1. The summed E-state index contributed by atoms with van der Waals surface area (Å²) < 4.78 is 6.70. The number of hydrogen-bond donors (Lipinski definition) is 2. The molecule has 0 spiro atoms. The molecule has 0 aliphatic heterocycles. The molecule has 0 aliphatic rings. The van der Waals surface area contributed by atoms with Gasteiger partial charge in [0.2, 0.25) is 0 Å². The van der Waals surface area contributed by atoms with Gasteiger partial charge in [-0.25, -0.2) is 10.8 Å². The fourth-order valence-corrected chi connectivity index (χ4v) is 2.04. The van der Waals surface area contributed by atoms with E-state index >= 15 is 0 Å². The first-order valence-electron chi connectivity index (χ1n) is 5.52. The quantitative estimate of drug-likeness (QED) is 0.659. The maximum atomic E-state index is 5.65. The number of halogens is 1. The highest BCUT2D eigenvalue weighted by Crippen LogP contribution is 2.15. The number of rotatable bonds is 5. The molecule has 1 heterocycles. The van der Waals surface area contributed by atoms with Gasteiger partial charge < -0.3 is 10.2 Å². The van der Waals surface area contributed by atoms with Crippen LogP contribution in [0.5, 0.6) is 0 Å². The Bertz CT molecular complexity index is 519. The minimum absolute atomic E-state index is 0.472. The number of nitrogens with zero attached hydrogens (tertiary/aromatic N) is 1. The van der Waals surface area contributed by atoms with Crippen molar-refractivity contribution in [3.8, 4) is 0 Å². The van der Waals surface area contributed by atoms with Gasteiger partial charge in [-0.2, -0.15) is 0 Å². The van der Waals surface area contributed by atoms with Gasteiger partial charge in [-0.05, 0) is 23.8 Å². The molecule has 0 amide bonds. The van der Waals surface area contributed by atoms with Crippen molar-refractivity contribution in [2.45, 2.75) is 13.2 Å². The molecule has 18 heavy (non-hydrogen) atoms. The Kier molecular flexibility index (Phi) is 4.69. The van der Waals surface area contributed by atoms with Crippen LogP contribution >= 0.6 is 15.9 Å². The summed E-state index contributed by atoms with van der Waals surface area (Å²) in [6.07, 6.45) is 1.69. The number of nitrogens with two attached hydrogens (primary N) is 1. The summed E-state index contributed by atoms with van der Waals surface area (Å²) in [5.41, 5.74) is 4.62. The fraction of sp³-hybridized carbons (Fsp3) is 0.154. The predicted octanol–water partition coefficient (Wildman–Crippen LogP) is 2.85. The van der Waals surface area contributed by atoms with E-state index in [0.29, 0.717) is 19.0 Å². The minimum atomic E-state index is 0.472. The van der Waals surface area contributed by atoms with Crippen molar-refractivity contribution in [1.82, 2.24) is 4.98 Å². The minimum Gasteiger partial charge on any atom is -0.372 e. The van der Waals surface area contributed by atoms with Crippen LogP contribution in [0.4, 0.5) is 5.82 Å². The molecular weight excluding hydrogens is 294 g/mol. The van der Waals surface area contributed by atoms with E-state index < -0.39 is 0 Å². The van der Waals surface area contributed by atoms with Crippen LogP contribution in [0.25, 0.3) is 0 Å². The van der Waals surface area contributed by atoms with Crippen molar-refractivity contribution in [2.75, 3.05) is 5.43 Å². The summed E-state index contributed by atoms with van der Waals surface area (Å²) in [5.74, 6) is 6.02. The van der Waals surface area contributed by atoms with Gasteiger partial charge in [0.15, 0.2) is 0 Å². The molecule has 0 unspecified atom stereocenters. The van der Waals surface area contributed by atoms with Crippen LogP contribution in [-0.2, 0) is 18.0 Å². The lowest BCUT2D eigenvalue weighted by atomic mass is 10.2. The van der Waals surface area contributed by atoms with E-state index in [9.17, 15) is 0 Å². The molecule has 3 N–H and O–H groups in total. The Hall–Kier alpha value is -1.43. The van der Waals surface area contributed by atoms with E-state index in [1.54, 1.807) is 6.20 Å². The second-order valence-electron chi connectivity index (χ2n) is 3.78. The average Bonchev–Trinajstić information content (AvgIpc) is 2.39. The number of benzene rings is 1. The average molecular weight is 308 g/mol. The summed E-state index contributed by atoms with van der Waals surface area (Å²) >= 11 is 3.43. The number of aromatic nitrogens is 1. The first-order chi connectivity index (χ1) is 8.79. The molecule has 0 radical (unpaired) electrons. The van der Waals surface area contributed by atoms with Crippen LogP contribution in [-0.4, -0.2) is 4.98 Å².